The molecule has 1 saturated heterocycles. The summed E-state index contributed by atoms with van der Waals surface area (Å²) in [5.41, 5.74) is -0.149. The summed E-state index contributed by atoms with van der Waals surface area (Å²) >= 11 is 0. The summed E-state index contributed by atoms with van der Waals surface area (Å²) < 4.78 is 0. The van der Waals surface area contributed by atoms with Crippen LogP contribution in [0.2, 0.25) is 12.6 Å². The van der Waals surface area contributed by atoms with Crippen LogP contribution in [0.4, 0.5) is 0 Å². The van der Waals surface area contributed by atoms with E-state index in [4.69, 9.17) is 0 Å². The predicted molar refractivity (Wildman–Crippen MR) is 80.5 cm³/mol. The summed E-state index contributed by atoms with van der Waals surface area (Å²) in [6.07, 6.45) is 9.86. The van der Waals surface area contributed by atoms with Crippen LogP contribution in [0.5, 0.6) is 0 Å². The van der Waals surface area contributed by atoms with Crippen LogP contribution in [-0.4, -0.2) is 31.2 Å². The Morgan fingerprint density at radius 1 is 1.11 bits per heavy atom. The SMILES string of the molecule is CCCCCCCC(C)(C)C(=O)N1CCBCC1. The number of hydrogen-bond donors (Lipinski definition) is 0. The smallest absolute Gasteiger partial charge is 0.228 e. The number of hydrogen-bond acceptors (Lipinski definition) is 1. The fourth-order valence-corrected chi connectivity index (χ4v) is 2.80. The summed E-state index contributed by atoms with van der Waals surface area (Å²) in [5.74, 6) is 0.387. The van der Waals surface area contributed by atoms with Gasteiger partial charge in [0.2, 0.25) is 5.91 Å². The zero-order chi connectivity index (χ0) is 13.4. The maximum Gasteiger partial charge on any atom is 0.228 e. The molecule has 0 aromatic heterocycles. The summed E-state index contributed by atoms with van der Waals surface area (Å²) in [5, 5.41) is 0. The molecule has 1 rings (SSSR count). The third kappa shape index (κ3) is 5.03. The van der Waals surface area contributed by atoms with Gasteiger partial charge in [0.1, 0.15) is 7.28 Å². The minimum atomic E-state index is -0.149. The van der Waals surface area contributed by atoms with E-state index in [1.54, 1.807) is 0 Å². The first-order chi connectivity index (χ1) is 8.58. The number of rotatable bonds is 7. The van der Waals surface area contributed by atoms with Crippen molar-refractivity contribution in [2.75, 3.05) is 13.1 Å². The third-order valence-corrected chi connectivity index (χ3v) is 4.13. The average Bonchev–Trinajstić information content (AvgIpc) is 2.38. The van der Waals surface area contributed by atoms with Crippen LogP contribution in [-0.2, 0) is 4.79 Å². The highest BCUT2D eigenvalue weighted by molar-refractivity contribution is 6.36. The molecule has 0 N–H and O–H groups in total. The maximum absolute atomic E-state index is 12.5. The number of carbonyl (C=O) groups excluding carboxylic acids is 1. The Balaban J connectivity index is 2.29. The summed E-state index contributed by atoms with van der Waals surface area (Å²) in [6.45, 7) is 8.47. The lowest BCUT2D eigenvalue weighted by Crippen LogP contribution is -2.44. The number of amides is 1. The summed E-state index contributed by atoms with van der Waals surface area (Å²) in [6, 6.07) is 0. The second-order valence-electron chi connectivity index (χ2n) is 6.40. The molecular formula is C15H30BNO. The predicted octanol–water partition coefficient (Wildman–Crippen LogP) is 3.49. The van der Waals surface area contributed by atoms with Crippen LogP contribution in [0.15, 0.2) is 0 Å². The van der Waals surface area contributed by atoms with E-state index in [0.29, 0.717) is 5.91 Å². The molecular weight excluding hydrogens is 221 g/mol. The lowest BCUT2D eigenvalue weighted by molar-refractivity contribution is -0.140. The Kier molecular flexibility index (Phi) is 6.81. The fourth-order valence-electron chi connectivity index (χ4n) is 2.80. The van der Waals surface area contributed by atoms with E-state index in [0.717, 1.165) is 19.5 Å². The zero-order valence-corrected chi connectivity index (χ0v) is 12.6. The minimum Gasteiger partial charge on any atom is -0.344 e. The molecule has 0 aromatic carbocycles. The van der Waals surface area contributed by atoms with Crippen molar-refractivity contribution in [3.05, 3.63) is 0 Å². The van der Waals surface area contributed by atoms with Crippen LogP contribution in [0.1, 0.15) is 59.3 Å². The number of nitrogens with zero attached hydrogens (tertiary/aromatic N) is 1. The molecule has 0 aromatic rings. The highest BCUT2D eigenvalue weighted by Gasteiger charge is 2.31. The molecule has 0 unspecified atom stereocenters. The Bertz CT molecular complexity index is 247. The quantitative estimate of drug-likeness (QED) is 0.501. The van der Waals surface area contributed by atoms with Gasteiger partial charge in [-0.05, 0) is 6.42 Å². The molecule has 104 valence electrons. The van der Waals surface area contributed by atoms with Gasteiger partial charge in [-0.3, -0.25) is 4.79 Å². The van der Waals surface area contributed by atoms with Gasteiger partial charge < -0.3 is 4.90 Å². The lowest BCUT2D eigenvalue weighted by Gasteiger charge is -2.34. The minimum absolute atomic E-state index is 0.149. The van der Waals surface area contributed by atoms with E-state index in [2.05, 4.69) is 25.7 Å². The molecule has 1 amide bonds. The number of carbonyl (C=O) groups is 1. The van der Waals surface area contributed by atoms with Gasteiger partial charge in [-0.15, -0.1) is 0 Å². The van der Waals surface area contributed by atoms with Crippen molar-refractivity contribution in [2.45, 2.75) is 71.9 Å². The molecule has 0 aliphatic carbocycles. The van der Waals surface area contributed by atoms with Gasteiger partial charge in [0, 0.05) is 18.5 Å². The van der Waals surface area contributed by atoms with Crippen LogP contribution in [0.25, 0.3) is 0 Å². The molecule has 1 heterocycles. The standard InChI is InChI=1S/C15H30BNO/c1-4-5-6-7-8-9-15(2,3)14(18)17-12-10-16-11-13-17/h16H,4-13H2,1-3H3. The van der Waals surface area contributed by atoms with Crippen molar-refractivity contribution in [1.82, 2.24) is 4.90 Å². The molecule has 2 nitrogen and oxygen atoms in total. The fraction of sp³-hybridized carbons (Fsp3) is 0.933. The Morgan fingerprint density at radius 2 is 1.72 bits per heavy atom. The summed E-state index contributed by atoms with van der Waals surface area (Å²) in [4.78, 5) is 14.6. The van der Waals surface area contributed by atoms with Crippen molar-refractivity contribution in [3.63, 3.8) is 0 Å². The van der Waals surface area contributed by atoms with Crippen molar-refractivity contribution in [3.8, 4) is 0 Å². The van der Waals surface area contributed by atoms with E-state index in [-0.39, 0.29) is 5.41 Å². The first-order valence-corrected chi connectivity index (χ1v) is 7.87. The molecule has 0 radical (unpaired) electrons. The first-order valence-electron chi connectivity index (χ1n) is 7.87. The van der Waals surface area contributed by atoms with Crippen LogP contribution < -0.4 is 0 Å². The highest BCUT2D eigenvalue weighted by Crippen LogP contribution is 2.27. The second kappa shape index (κ2) is 7.86. The molecule has 0 saturated carbocycles. The van der Waals surface area contributed by atoms with E-state index < -0.39 is 0 Å². The van der Waals surface area contributed by atoms with Crippen molar-refractivity contribution in [2.24, 2.45) is 5.41 Å². The van der Waals surface area contributed by atoms with Gasteiger partial charge in [-0.1, -0.05) is 65.5 Å². The topological polar surface area (TPSA) is 20.3 Å². The van der Waals surface area contributed by atoms with Crippen molar-refractivity contribution >= 4 is 13.2 Å². The molecule has 0 spiro atoms. The van der Waals surface area contributed by atoms with Crippen LogP contribution >= 0.6 is 0 Å². The number of unbranched alkanes of at least 4 members (excludes halogenated alkanes) is 4. The van der Waals surface area contributed by atoms with Gasteiger partial charge >= 0.3 is 0 Å². The zero-order valence-electron chi connectivity index (χ0n) is 12.6. The van der Waals surface area contributed by atoms with E-state index in [9.17, 15) is 4.79 Å². The monoisotopic (exact) mass is 251 g/mol. The van der Waals surface area contributed by atoms with Gasteiger partial charge in [0.05, 0.1) is 0 Å². The largest absolute Gasteiger partial charge is 0.344 e. The molecule has 0 atom stereocenters. The Morgan fingerprint density at radius 3 is 2.33 bits per heavy atom. The molecule has 3 heteroatoms. The average molecular weight is 251 g/mol. The highest BCUT2D eigenvalue weighted by atomic mass is 16.2. The van der Waals surface area contributed by atoms with E-state index in [1.807, 2.05) is 0 Å². The molecule has 1 aliphatic rings. The second-order valence-corrected chi connectivity index (χ2v) is 6.40. The van der Waals surface area contributed by atoms with Gasteiger partial charge in [0.25, 0.3) is 0 Å². The van der Waals surface area contributed by atoms with Gasteiger partial charge in [-0.2, -0.15) is 0 Å². The summed E-state index contributed by atoms with van der Waals surface area (Å²) in [7, 11) is 1.29. The third-order valence-electron chi connectivity index (χ3n) is 4.13. The van der Waals surface area contributed by atoms with Crippen LogP contribution in [0, 0.1) is 5.41 Å². The van der Waals surface area contributed by atoms with Crippen LogP contribution in [0.3, 0.4) is 0 Å². The van der Waals surface area contributed by atoms with Crippen molar-refractivity contribution < 1.29 is 4.79 Å². The Hall–Kier alpha value is -0.465. The first kappa shape index (κ1) is 15.6. The molecule has 1 aliphatic heterocycles. The van der Waals surface area contributed by atoms with E-state index >= 15 is 0 Å². The Labute approximate surface area is 114 Å². The van der Waals surface area contributed by atoms with Crippen molar-refractivity contribution in [1.29, 1.82) is 0 Å². The normalized spacial score (nSPS) is 16.5. The van der Waals surface area contributed by atoms with Gasteiger partial charge in [-0.25, -0.2) is 0 Å². The molecule has 0 bridgehead atoms. The maximum atomic E-state index is 12.5. The van der Waals surface area contributed by atoms with E-state index in [1.165, 1.54) is 52.0 Å². The van der Waals surface area contributed by atoms with Gasteiger partial charge in [0.15, 0.2) is 0 Å². The molecule has 1 fully saturated rings. The molecule has 18 heavy (non-hydrogen) atoms. The lowest BCUT2D eigenvalue weighted by atomic mass is 9.68.